The first-order chi connectivity index (χ1) is 8.58. The molecule has 1 aliphatic rings. The van der Waals surface area contributed by atoms with Gasteiger partial charge in [0, 0.05) is 28.2 Å². The number of benzene rings is 1. The van der Waals surface area contributed by atoms with Crippen molar-refractivity contribution in [1.29, 1.82) is 0 Å². The zero-order chi connectivity index (χ0) is 13.1. The molecule has 0 aliphatic carbocycles. The van der Waals surface area contributed by atoms with Crippen LogP contribution in [0.4, 0.5) is 0 Å². The lowest BCUT2D eigenvalue weighted by Crippen LogP contribution is -2.26. The highest BCUT2D eigenvalue weighted by molar-refractivity contribution is 8.00. The van der Waals surface area contributed by atoms with Gasteiger partial charge in [-0.15, -0.1) is 11.8 Å². The van der Waals surface area contributed by atoms with Gasteiger partial charge in [0.1, 0.15) is 0 Å². The molecule has 2 N–H and O–H groups in total. The Labute approximate surface area is 118 Å². The van der Waals surface area contributed by atoms with Crippen LogP contribution in [0.25, 0.3) is 0 Å². The molecule has 0 spiro atoms. The molecule has 4 heteroatoms. The molecule has 1 heterocycles. The third-order valence-corrected chi connectivity index (χ3v) is 5.48. The van der Waals surface area contributed by atoms with Crippen LogP contribution in [0, 0.1) is 0 Å². The van der Waals surface area contributed by atoms with Gasteiger partial charge in [-0.1, -0.05) is 23.7 Å². The van der Waals surface area contributed by atoms with Gasteiger partial charge in [0.15, 0.2) is 0 Å². The van der Waals surface area contributed by atoms with Crippen LogP contribution in [0.15, 0.2) is 24.3 Å². The quantitative estimate of drug-likeness (QED) is 0.917. The van der Waals surface area contributed by atoms with E-state index >= 15 is 0 Å². The van der Waals surface area contributed by atoms with Crippen molar-refractivity contribution >= 4 is 23.4 Å². The molecule has 100 valence electrons. The van der Waals surface area contributed by atoms with Gasteiger partial charge in [0.05, 0.1) is 6.10 Å². The summed E-state index contributed by atoms with van der Waals surface area (Å²) in [4.78, 5) is 0. The topological polar surface area (TPSA) is 35.2 Å². The fourth-order valence-electron chi connectivity index (χ4n) is 2.27. The fourth-order valence-corrected chi connectivity index (χ4v) is 3.93. The first kappa shape index (κ1) is 14.2. The number of halogens is 1. The largest absolute Gasteiger partial charge is 0.377 e. The van der Waals surface area contributed by atoms with E-state index in [1.165, 1.54) is 5.56 Å². The van der Waals surface area contributed by atoms with Crippen molar-refractivity contribution in [1.82, 2.24) is 0 Å². The van der Waals surface area contributed by atoms with Crippen molar-refractivity contribution in [2.75, 3.05) is 6.61 Å². The van der Waals surface area contributed by atoms with Crippen molar-refractivity contribution in [2.45, 2.75) is 42.9 Å². The Hall–Kier alpha value is -0.220. The zero-order valence-electron chi connectivity index (χ0n) is 10.8. The van der Waals surface area contributed by atoms with Crippen LogP contribution in [0.3, 0.4) is 0 Å². The Kier molecular flexibility index (Phi) is 4.96. The van der Waals surface area contributed by atoms with Crippen molar-refractivity contribution in [3.05, 3.63) is 34.9 Å². The van der Waals surface area contributed by atoms with Crippen LogP contribution in [-0.2, 0) is 4.74 Å². The van der Waals surface area contributed by atoms with Gasteiger partial charge in [-0.05, 0) is 38.0 Å². The SMILES string of the molecule is CC(N)C(SC1CCOC1C)c1cccc(Cl)c1. The molecule has 2 nitrogen and oxygen atoms in total. The van der Waals surface area contributed by atoms with Gasteiger partial charge in [-0.3, -0.25) is 0 Å². The average Bonchev–Trinajstić information content (AvgIpc) is 2.71. The number of hydrogen-bond donors (Lipinski definition) is 1. The van der Waals surface area contributed by atoms with E-state index in [2.05, 4.69) is 19.9 Å². The summed E-state index contributed by atoms with van der Waals surface area (Å²) in [6.07, 6.45) is 1.42. The highest BCUT2D eigenvalue weighted by Crippen LogP contribution is 2.40. The second-order valence-electron chi connectivity index (χ2n) is 4.87. The minimum atomic E-state index is 0.0984. The monoisotopic (exact) mass is 285 g/mol. The molecule has 1 aliphatic heterocycles. The maximum atomic E-state index is 6.14. The maximum absolute atomic E-state index is 6.14. The van der Waals surface area contributed by atoms with Gasteiger partial charge in [0.25, 0.3) is 0 Å². The average molecular weight is 286 g/mol. The molecule has 4 atom stereocenters. The summed E-state index contributed by atoms with van der Waals surface area (Å²) in [6.45, 7) is 5.06. The summed E-state index contributed by atoms with van der Waals surface area (Å²) in [6, 6.07) is 8.11. The molecule has 0 bridgehead atoms. The summed E-state index contributed by atoms with van der Waals surface area (Å²) in [5.41, 5.74) is 7.35. The third-order valence-electron chi connectivity index (χ3n) is 3.28. The Morgan fingerprint density at radius 1 is 1.50 bits per heavy atom. The molecular weight excluding hydrogens is 266 g/mol. The highest BCUT2D eigenvalue weighted by Gasteiger charge is 2.29. The molecular formula is C14H20ClNOS. The van der Waals surface area contributed by atoms with Crippen LogP contribution >= 0.6 is 23.4 Å². The lowest BCUT2D eigenvalue weighted by atomic mass is 10.1. The molecule has 0 radical (unpaired) electrons. The highest BCUT2D eigenvalue weighted by atomic mass is 35.5. The second-order valence-corrected chi connectivity index (χ2v) is 6.70. The lowest BCUT2D eigenvalue weighted by molar-refractivity contribution is 0.127. The van der Waals surface area contributed by atoms with E-state index in [1.807, 2.05) is 30.0 Å². The second kappa shape index (κ2) is 6.29. The Morgan fingerprint density at radius 3 is 2.83 bits per heavy atom. The van der Waals surface area contributed by atoms with Crippen LogP contribution in [-0.4, -0.2) is 24.0 Å². The van der Waals surface area contributed by atoms with Crippen LogP contribution < -0.4 is 5.73 Å². The van der Waals surface area contributed by atoms with E-state index in [4.69, 9.17) is 22.1 Å². The van der Waals surface area contributed by atoms with E-state index in [1.54, 1.807) is 0 Å². The van der Waals surface area contributed by atoms with Gasteiger partial charge in [0.2, 0.25) is 0 Å². The summed E-state index contributed by atoms with van der Waals surface area (Å²) in [7, 11) is 0. The molecule has 0 aromatic heterocycles. The Bertz CT molecular complexity index is 399. The standard InChI is InChI=1S/C14H20ClNOS/c1-9(16)14(11-4-3-5-12(15)8-11)18-13-6-7-17-10(13)2/h3-5,8-10,13-14H,6-7,16H2,1-2H3. The van der Waals surface area contributed by atoms with Crippen molar-refractivity contribution in [3.8, 4) is 0 Å². The van der Waals surface area contributed by atoms with Gasteiger partial charge in [-0.2, -0.15) is 0 Å². The molecule has 4 unspecified atom stereocenters. The van der Waals surface area contributed by atoms with Crippen LogP contribution in [0.2, 0.25) is 5.02 Å². The summed E-state index contributed by atoms with van der Waals surface area (Å²) in [5, 5.41) is 1.58. The smallest absolute Gasteiger partial charge is 0.0666 e. The number of rotatable bonds is 4. The van der Waals surface area contributed by atoms with Crippen molar-refractivity contribution < 1.29 is 4.74 Å². The molecule has 1 saturated heterocycles. The van der Waals surface area contributed by atoms with Crippen molar-refractivity contribution in [2.24, 2.45) is 5.73 Å². The van der Waals surface area contributed by atoms with Gasteiger partial charge < -0.3 is 10.5 Å². The van der Waals surface area contributed by atoms with Gasteiger partial charge >= 0.3 is 0 Å². The normalized spacial score (nSPS) is 27.1. The predicted molar refractivity (Wildman–Crippen MR) is 79.3 cm³/mol. The minimum Gasteiger partial charge on any atom is -0.377 e. The zero-order valence-corrected chi connectivity index (χ0v) is 12.4. The summed E-state index contributed by atoms with van der Waals surface area (Å²) in [5.74, 6) is 0. The molecule has 0 amide bonds. The Balaban J connectivity index is 2.13. The molecule has 2 rings (SSSR count). The molecule has 1 fully saturated rings. The first-order valence-electron chi connectivity index (χ1n) is 6.36. The Morgan fingerprint density at radius 2 is 2.28 bits per heavy atom. The number of ether oxygens (including phenoxy) is 1. The van der Waals surface area contributed by atoms with E-state index in [0.717, 1.165) is 18.1 Å². The van der Waals surface area contributed by atoms with E-state index in [9.17, 15) is 0 Å². The van der Waals surface area contributed by atoms with Crippen LogP contribution in [0.1, 0.15) is 31.1 Å². The lowest BCUT2D eigenvalue weighted by Gasteiger charge is -2.25. The molecule has 0 saturated carbocycles. The minimum absolute atomic E-state index is 0.0984. The third kappa shape index (κ3) is 3.41. The number of thioether (sulfide) groups is 1. The molecule has 1 aromatic rings. The van der Waals surface area contributed by atoms with Crippen molar-refractivity contribution in [3.63, 3.8) is 0 Å². The first-order valence-corrected chi connectivity index (χ1v) is 7.68. The van der Waals surface area contributed by atoms with E-state index in [0.29, 0.717) is 11.4 Å². The molecule has 1 aromatic carbocycles. The predicted octanol–water partition coefficient (Wildman–Crippen LogP) is 3.64. The summed E-state index contributed by atoms with van der Waals surface area (Å²) >= 11 is 7.99. The maximum Gasteiger partial charge on any atom is 0.0666 e. The van der Waals surface area contributed by atoms with E-state index < -0.39 is 0 Å². The number of hydrogen-bond acceptors (Lipinski definition) is 3. The summed E-state index contributed by atoms with van der Waals surface area (Å²) < 4.78 is 5.62. The number of nitrogens with two attached hydrogens (primary N) is 1. The van der Waals surface area contributed by atoms with Gasteiger partial charge in [-0.25, -0.2) is 0 Å². The fraction of sp³-hybridized carbons (Fsp3) is 0.571. The molecule has 18 heavy (non-hydrogen) atoms. The van der Waals surface area contributed by atoms with E-state index in [-0.39, 0.29) is 11.3 Å². The van der Waals surface area contributed by atoms with Crippen LogP contribution in [0.5, 0.6) is 0 Å².